The van der Waals surface area contributed by atoms with Crippen LogP contribution in [0.15, 0.2) is 57.2 Å². The number of amides is 1. The molecule has 7 nitrogen and oxygen atoms in total. The van der Waals surface area contributed by atoms with Gasteiger partial charge < -0.3 is 10.0 Å². The van der Waals surface area contributed by atoms with E-state index in [4.69, 9.17) is 0 Å². The maximum atomic E-state index is 12.5. The molecule has 1 N–H and O–H groups in total. The minimum absolute atomic E-state index is 0.0227. The fraction of sp³-hybridized carbons (Fsp3) is 0.318. The molecule has 0 aliphatic carbocycles. The summed E-state index contributed by atoms with van der Waals surface area (Å²) in [4.78, 5) is 16.8. The van der Waals surface area contributed by atoms with Crippen LogP contribution in [-0.2, 0) is 6.67 Å². The van der Waals surface area contributed by atoms with Gasteiger partial charge in [0.25, 0.3) is 5.91 Å². The second kappa shape index (κ2) is 8.57. The van der Waals surface area contributed by atoms with Crippen LogP contribution in [0.3, 0.4) is 0 Å². The van der Waals surface area contributed by atoms with Crippen LogP contribution in [0.5, 0.6) is 5.88 Å². The Hall–Kier alpha value is -2.71. The first-order valence-corrected chi connectivity index (χ1v) is 10.7. The summed E-state index contributed by atoms with van der Waals surface area (Å²) in [6.07, 6.45) is 2.33. The van der Waals surface area contributed by atoms with Crippen LogP contribution >= 0.6 is 15.9 Å². The maximum Gasteiger partial charge on any atom is 0.295 e. The number of aromatic nitrogens is 1. The normalized spacial score (nSPS) is 14.8. The summed E-state index contributed by atoms with van der Waals surface area (Å²) in [5.41, 5.74) is 2.62. The Morgan fingerprint density at radius 2 is 1.83 bits per heavy atom. The number of aromatic hydroxyl groups is 1. The molecule has 1 saturated heterocycles. The van der Waals surface area contributed by atoms with Crippen molar-refractivity contribution in [1.82, 2.24) is 9.47 Å². The fourth-order valence-corrected chi connectivity index (χ4v) is 4.08. The van der Waals surface area contributed by atoms with Crippen LogP contribution in [0.2, 0.25) is 0 Å². The van der Waals surface area contributed by atoms with Gasteiger partial charge in [-0.2, -0.15) is 0 Å². The van der Waals surface area contributed by atoms with Gasteiger partial charge in [0, 0.05) is 35.2 Å². The molecule has 0 saturated carbocycles. The highest BCUT2D eigenvalue weighted by molar-refractivity contribution is 9.10. The minimum atomic E-state index is -0.449. The highest BCUT2D eigenvalue weighted by Crippen LogP contribution is 2.40. The molecule has 1 aliphatic heterocycles. The molecule has 156 valence electrons. The molecule has 0 atom stereocenters. The largest absolute Gasteiger partial charge is 0.493 e. The highest BCUT2D eigenvalue weighted by Gasteiger charge is 2.21. The standard InChI is InChI=1S/C22H24BrN5O2/c1-26(2)17-8-5-15(6-9-17)21(29)25-24-20-18-13-16(23)7-10-19(18)28(22(20)30)14-27-11-3-4-12-27/h5-10,13,30H,3-4,11-12,14H2,1-2H3. The number of likely N-dealkylation sites (tertiary alicyclic amines) is 1. The number of halogens is 1. The lowest BCUT2D eigenvalue weighted by atomic mass is 10.2. The van der Waals surface area contributed by atoms with Crippen LogP contribution in [0.25, 0.3) is 10.9 Å². The molecule has 0 spiro atoms. The number of nitrogens with zero attached hydrogens (tertiary/aromatic N) is 5. The third-order valence-corrected chi connectivity index (χ3v) is 5.88. The lowest BCUT2D eigenvalue weighted by Crippen LogP contribution is -2.22. The zero-order chi connectivity index (χ0) is 21.3. The third-order valence-electron chi connectivity index (χ3n) is 5.38. The molecular weight excluding hydrogens is 446 g/mol. The first-order valence-electron chi connectivity index (χ1n) is 9.90. The van der Waals surface area contributed by atoms with Gasteiger partial charge in [-0.15, -0.1) is 10.2 Å². The Balaban J connectivity index is 1.66. The van der Waals surface area contributed by atoms with Gasteiger partial charge >= 0.3 is 0 Å². The Morgan fingerprint density at radius 1 is 1.13 bits per heavy atom. The van der Waals surface area contributed by atoms with Crippen molar-refractivity contribution in [2.75, 3.05) is 32.1 Å². The molecule has 4 rings (SSSR count). The average molecular weight is 470 g/mol. The third kappa shape index (κ3) is 4.11. The molecular formula is C22H24BrN5O2. The maximum absolute atomic E-state index is 12.5. The molecule has 2 heterocycles. The molecule has 1 aliphatic rings. The van der Waals surface area contributed by atoms with E-state index in [1.54, 1.807) is 12.1 Å². The van der Waals surface area contributed by atoms with Gasteiger partial charge in [0.15, 0.2) is 5.69 Å². The molecule has 1 fully saturated rings. The van der Waals surface area contributed by atoms with Gasteiger partial charge in [-0.1, -0.05) is 15.9 Å². The minimum Gasteiger partial charge on any atom is -0.493 e. The number of azo groups is 1. The first-order chi connectivity index (χ1) is 14.4. The van der Waals surface area contributed by atoms with Crippen molar-refractivity contribution in [1.29, 1.82) is 0 Å². The molecule has 1 aromatic heterocycles. The van der Waals surface area contributed by atoms with Crippen LogP contribution in [0.1, 0.15) is 23.2 Å². The Morgan fingerprint density at radius 3 is 2.50 bits per heavy atom. The van der Waals surface area contributed by atoms with E-state index < -0.39 is 5.91 Å². The van der Waals surface area contributed by atoms with Crippen molar-refractivity contribution in [3.63, 3.8) is 0 Å². The van der Waals surface area contributed by atoms with Crippen molar-refractivity contribution < 1.29 is 9.90 Å². The predicted molar refractivity (Wildman–Crippen MR) is 122 cm³/mol. The molecule has 0 radical (unpaired) electrons. The number of anilines is 1. The quantitative estimate of drug-likeness (QED) is 0.524. The summed E-state index contributed by atoms with van der Waals surface area (Å²) < 4.78 is 2.70. The first kappa shape index (κ1) is 20.6. The summed E-state index contributed by atoms with van der Waals surface area (Å²) in [5, 5.41) is 19.7. The zero-order valence-electron chi connectivity index (χ0n) is 17.0. The Labute approximate surface area is 183 Å². The molecule has 0 unspecified atom stereocenters. The average Bonchev–Trinajstić information content (AvgIpc) is 3.33. The Kier molecular flexibility index (Phi) is 5.87. The monoisotopic (exact) mass is 469 g/mol. The number of fused-ring (bicyclic) bond motifs is 1. The van der Waals surface area contributed by atoms with E-state index in [-0.39, 0.29) is 5.88 Å². The highest BCUT2D eigenvalue weighted by atomic mass is 79.9. The zero-order valence-corrected chi connectivity index (χ0v) is 18.6. The summed E-state index contributed by atoms with van der Waals surface area (Å²) in [6, 6.07) is 12.9. The summed E-state index contributed by atoms with van der Waals surface area (Å²) >= 11 is 3.48. The lowest BCUT2D eigenvalue weighted by molar-refractivity contribution is 0.0995. The van der Waals surface area contributed by atoms with Crippen LogP contribution in [0.4, 0.5) is 11.4 Å². The summed E-state index contributed by atoms with van der Waals surface area (Å²) in [5.74, 6) is -0.426. The summed E-state index contributed by atoms with van der Waals surface area (Å²) in [7, 11) is 3.88. The van der Waals surface area contributed by atoms with Crippen LogP contribution in [-0.4, -0.2) is 47.7 Å². The number of hydrogen-bond donors (Lipinski definition) is 1. The summed E-state index contributed by atoms with van der Waals surface area (Å²) in [6.45, 7) is 2.60. The lowest BCUT2D eigenvalue weighted by Gasteiger charge is -2.17. The molecule has 0 bridgehead atoms. The van der Waals surface area contributed by atoms with Crippen LogP contribution < -0.4 is 4.90 Å². The van der Waals surface area contributed by atoms with Crippen molar-refractivity contribution in [3.05, 3.63) is 52.5 Å². The fourth-order valence-electron chi connectivity index (χ4n) is 3.72. The van der Waals surface area contributed by atoms with E-state index in [1.165, 1.54) is 12.8 Å². The van der Waals surface area contributed by atoms with Gasteiger partial charge in [-0.05, 0) is 68.4 Å². The predicted octanol–water partition coefficient (Wildman–Crippen LogP) is 5.15. The number of carbonyl (C=O) groups excluding carboxylic acids is 1. The van der Waals surface area contributed by atoms with Crippen LogP contribution in [0, 0.1) is 0 Å². The van der Waals surface area contributed by atoms with Crippen molar-refractivity contribution in [3.8, 4) is 5.88 Å². The SMILES string of the molecule is CN(C)c1ccc(C(=O)N=Nc2c(O)n(CN3CCCC3)c3ccc(Br)cc23)cc1. The van der Waals surface area contributed by atoms with E-state index in [0.29, 0.717) is 17.9 Å². The topological polar surface area (TPSA) is 73.4 Å². The van der Waals surface area contributed by atoms with Gasteiger partial charge in [0.2, 0.25) is 5.88 Å². The second-order valence-corrected chi connectivity index (χ2v) is 8.59. The van der Waals surface area contributed by atoms with Crippen molar-refractivity contribution >= 4 is 44.1 Å². The van der Waals surface area contributed by atoms with E-state index in [1.807, 2.05) is 53.9 Å². The number of benzene rings is 2. The molecule has 8 heteroatoms. The van der Waals surface area contributed by atoms with Gasteiger partial charge in [0.05, 0.1) is 12.2 Å². The van der Waals surface area contributed by atoms with E-state index in [9.17, 15) is 9.90 Å². The molecule has 1 amide bonds. The van der Waals surface area contributed by atoms with E-state index in [2.05, 4.69) is 31.1 Å². The Bertz CT molecular complexity index is 1100. The molecule has 3 aromatic rings. The second-order valence-electron chi connectivity index (χ2n) is 7.67. The van der Waals surface area contributed by atoms with Gasteiger partial charge in [0.1, 0.15) is 0 Å². The number of carbonyl (C=O) groups is 1. The van der Waals surface area contributed by atoms with E-state index >= 15 is 0 Å². The van der Waals surface area contributed by atoms with Crippen molar-refractivity contribution in [2.45, 2.75) is 19.5 Å². The van der Waals surface area contributed by atoms with Gasteiger partial charge in [-0.25, -0.2) is 0 Å². The van der Waals surface area contributed by atoms with E-state index in [0.717, 1.165) is 34.2 Å². The number of hydrogen-bond acceptors (Lipinski definition) is 5. The molecule has 2 aromatic carbocycles. The van der Waals surface area contributed by atoms with Crippen molar-refractivity contribution in [2.24, 2.45) is 10.2 Å². The number of rotatable bonds is 5. The smallest absolute Gasteiger partial charge is 0.295 e. The molecule has 30 heavy (non-hydrogen) atoms. The van der Waals surface area contributed by atoms with Gasteiger partial charge in [-0.3, -0.25) is 14.3 Å².